The minimum absolute atomic E-state index is 0.191. The van der Waals surface area contributed by atoms with Crippen molar-refractivity contribution >= 4 is 26.6 Å². The summed E-state index contributed by atoms with van der Waals surface area (Å²) in [7, 11) is -3.45. The molecule has 0 radical (unpaired) electrons. The lowest BCUT2D eigenvalue weighted by molar-refractivity contribution is 0.583. The summed E-state index contributed by atoms with van der Waals surface area (Å²) in [6.07, 6.45) is 2.63. The first-order valence-corrected chi connectivity index (χ1v) is 10.5. The second-order valence-electron chi connectivity index (χ2n) is 8.02. The van der Waals surface area contributed by atoms with Gasteiger partial charge in [-0.25, -0.2) is 13.4 Å². The molecule has 2 aromatic heterocycles. The Morgan fingerprint density at radius 2 is 1.81 bits per heavy atom. The average Bonchev–Trinajstić information content (AvgIpc) is 2.84. The summed E-state index contributed by atoms with van der Waals surface area (Å²) in [5.74, 6) is -0.550. The van der Waals surface area contributed by atoms with E-state index >= 15 is 0 Å². The molecular formula is C20H24FN3O2S. The van der Waals surface area contributed by atoms with E-state index in [0.29, 0.717) is 11.2 Å². The molecule has 1 aromatic carbocycles. The molecule has 3 aromatic rings. The van der Waals surface area contributed by atoms with Crippen LogP contribution in [0.5, 0.6) is 0 Å². The number of halogens is 1. The number of benzene rings is 1. The minimum Gasteiger partial charge on any atom is -0.356 e. The van der Waals surface area contributed by atoms with Gasteiger partial charge in [-0.2, -0.15) is 4.39 Å². The van der Waals surface area contributed by atoms with Crippen molar-refractivity contribution in [3.05, 3.63) is 47.2 Å². The minimum atomic E-state index is -3.45. The number of nitrogens with one attached hydrogen (secondary N) is 2. The molecule has 0 bridgehead atoms. The van der Waals surface area contributed by atoms with E-state index in [4.69, 9.17) is 0 Å². The second-order valence-corrected chi connectivity index (χ2v) is 9.77. The van der Waals surface area contributed by atoms with Crippen LogP contribution in [0.4, 0.5) is 10.1 Å². The van der Waals surface area contributed by atoms with Gasteiger partial charge in [-0.15, -0.1) is 0 Å². The number of aromatic nitrogens is 2. The number of sulfonamides is 1. The number of pyridine rings is 1. The van der Waals surface area contributed by atoms with Gasteiger partial charge in [0, 0.05) is 28.9 Å². The van der Waals surface area contributed by atoms with Gasteiger partial charge >= 0.3 is 0 Å². The third-order valence-corrected chi connectivity index (χ3v) is 5.19. The fraction of sp³-hybridized carbons (Fsp3) is 0.350. The Bertz CT molecular complexity index is 1140. The van der Waals surface area contributed by atoms with E-state index in [1.807, 2.05) is 26.0 Å². The van der Waals surface area contributed by atoms with Crippen LogP contribution in [0, 0.1) is 19.8 Å². The second kappa shape index (κ2) is 6.34. The highest BCUT2D eigenvalue weighted by molar-refractivity contribution is 7.92. The van der Waals surface area contributed by atoms with Gasteiger partial charge in [0.1, 0.15) is 0 Å². The molecule has 144 valence electrons. The number of H-pyrrole nitrogens is 1. The maximum atomic E-state index is 13.8. The Morgan fingerprint density at radius 1 is 1.15 bits per heavy atom. The lowest BCUT2D eigenvalue weighted by Crippen LogP contribution is -2.14. The number of aryl methyl sites for hydroxylation is 2. The Labute approximate surface area is 159 Å². The summed E-state index contributed by atoms with van der Waals surface area (Å²) in [5.41, 5.74) is 5.23. The molecule has 0 saturated carbocycles. The zero-order valence-electron chi connectivity index (χ0n) is 16.4. The molecule has 5 nitrogen and oxygen atoms in total. The molecule has 2 heterocycles. The third-order valence-electron chi connectivity index (χ3n) is 4.60. The van der Waals surface area contributed by atoms with Gasteiger partial charge in [-0.1, -0.05) is 20.8 Å². The van der Waals surface area contributed by atoms with Crippen LogP contribution < -0.4 is 4.72 Å². The van der Waals surface area contributed by atoms with Gasteiger partial charge in [0.25, 0.3) is 0 Å². The van der Waals surface area contributed by atoms with Crippen LogP contribution in [-0.2, 0) is 15.4 Å². The van der Waals surface area contributed by atoms with Crippen molar-refractivity contribution in [3.8, 4) is 11.1 Å². The molecule has 0 unspecified atom stereocenters. The molecule has 3 rings (SSSR count). The van der Waals surface area contributed by atoms with Crippen molar-refractivity contribution in [2.75, 3.05) is 11.0 Å². The molecule has 7 heteroatoms. The van der Waals surface area contributed by atoms with Gasteiger partial charge in [-0.3, -0.25) is 4.72 Å². The lowest BCUT2D eigenvalue weighted by atomic mass is 9.85. The number of nitrogens with zero attached hydrogens (tertiary/aromatic N) is 1. The first-order valence-electron chi connectivity index (χ1n) is 8.64. The van der Waals surface area contributed by atoms with E-state index in [1.54, 1.807) is 0 Å². The summed E-state index contributed by atoms with van der Waals surface area (Å²) in [5, 5.41) is 0.847. The van der Waals surface area contributed by atoms with Crippen LogP contribution in [0.3, 0.4) is 0 Å². The average molecular weight is 389 g/mol. The van der Waals surface area contributed by atoms with Gasteiger partial charge in [0.2, 0.25) is 16.0 Å². The Balaban J connectivity index is 2.41. The zero-order chi connectivity index (χ0) is 20.1. The number of rotatable bonds is 3. The molecule has 0 amide bonds. The van der Waals surface area contributed by atoms with Gasteiger partial charge in [-0.05, 0) is 48.1 Å². The number of hydrogen-bond acceptors (Lipinski definition) is 3. The van der Waals surface area contributed by atoms with Crippen LogP contribution in [0.1, 0.15) is 37.6 Å². The predicted octanol–water partition coefficient (Wildman–Crippen LogP) is 4.65. The van der Waals surface area contributed by atoms with Crippen molar-refractivity contribution in [1.29, 1.82) is 0 Å². The Kier molecular flexibility index (Phi) is 4.54. The molecule has 27 heavy (non-hydrogen) atoms. The van der Waals surface area contributed by atoms with Crippen molar-refractivity contribution in [3.63, 3.8) is 0 Å². The highest BCUT2D eigenvalue weighted by atomic mass is 32.2. The fourth-order valence-electron chi connectivity index (χ4n) is 3.25. The van der Waals surface area contributed by atoms with Crippen LogP contribution in [0.2, 0.25) is 0 Å². The lowest BCUT2D eigenvalue weighted by Gasteiger charge is -2.21. The summed E-state index contributed by atoms with van der Waals surface area (Å²) >= 11 is 0. The summed E-state index contributed by atoms with van der Waals surface area (Å²) in [6.45, 7) is 9.97. The normalized spacial score (nSPS) is 12.6. The maximum Gasteiger partial charge on any atom is 0.229 e. The number of fused-ring (bicyclic) bond motifs is 1. The van der Waals surface area contributed by atoms with E-state index in [0.717, 1.165) is 39.6 Å². The van der Waals surface area contributed by atoms with E-state index in [2.05, 4.69) is 35.5 Å². The Morgan fingerprint density at radius 3 is 2.41 bits per heavy atom. The molecule has 0 aliphatic heterocycles. The monoisotopic (exact) mass is 389 g/mol. The summed E-state index contributed by atoms with van der Waals surface area (Å²) in [4.78, 5) is 6.99. The van der Waals surface area contributed by atoms with Gasteiger partial charge < -0.3 is 4.98 Å². The SMILES string of the molecule is Cc1cnc(F)cc1-c1c(C)[nH]c2c(NS(C)(=O)=O)cc(C(C)(C)C)cc12. The summed E-state index contributed by atoms with van der Waals surface area (Å²) in [6, 6.07) is 5.31. The molecular weight excluding hydrogens is 365 g/mol. The van der Waals surface area contributed by atoms with Crippen molar-refractivity contribution in [2.45, 2.75) is 40.0 Å². The predicted molar refractivity (Wildman–Crippen MR) is 108 cm³/mol. The van der Waals surface area contributed by atoms with Gasteiger partial charge in [0.15, 0.2) is 0 Å². The topological polar surface area (TPSA) is 74.8 Å². The number of hydrogen-bond donors (Lipinski definition) is 2. The Hall–Kier alpha value is -2.41. The molecule has 0 aliphatic rings. The molecule has 0 spiro atoms. The van der Waals surface area contributed by atoms with E-state index in [9.17, 15) is 12.8 Å². The largest absolute Gasteiger partial charge is 0.356 e. The van der Waals surface area contributed by atoms with E-state index in [1.165, 1.54) is 12.3 Å². The fourth-order valence-corrected chi connectivity index (χ4v) is 3.81. The van der Waals surface area contributed by atoms with Crippen molar-refractivity contribution < 1.29 is 12.8 Å². The van der Waals surface area contributed by atoms with Crippen LogP contribution in [0.15, 0.2) is 24.4 Å². The number of anilines is 1. The highest BCUT2D eigenvalue weighted by Crippen LogP contribution is 2.40. The molecule has 0 atom stereocenters. The first kappa shape index (κ1) is 19.4. The van der Waals surface area contributed by atoms with Crippen molar-refractivity contribution in [2.24, 2.45) is 0 Å². The van der Waals surface area contributed by atoms with E-state index < -0.39 is 16.0 Å². The van der Waals surface area contributed by atoms with E-state index in [-0.39, 0.29) is 5.41 Å². The highest BCUT2D eigenvalue weighted by Gasteiger charge is 2.22. The first-order chi connectivity index (χ1) is 12.4. The van der Waals surface area contributed by atoms with Crippen molar-refractivity contribution in [1.82, 2.24) is 9.97 Å². The van der Waals surface area contributed by atoms with Crippen LogP contribution in [-0.4, -0.2) is 24.6 Å². The molecule has 2 N–H and O–H groups in total. The third kappa shape index (κ3) is 3.83. The maximum absolute atomic E-state index is 13.8. The zero-order valence-corrected chi connectivity index (χ0v) is 17.2. The van der Waals surface area contributed by atoms with Crippen LogP contribution >= 0.6 is 0 Å². The molecule has 0 saturated heterocycles. The quantitative estimate of drug-likeness (QED) is 0.640. The molecule has 0 fully saturated rings. The number of aromatic amines is 1. The van der Waals surface area contributed by atoms with Crippen LogP contribution in [0.25, 0.3) is 22.0 Å². The summed E-state index contributed by atoms with van der Waals surface area (Å²) < 4.78 is 40.2. The smallest absolute Gasteiger partial charge is 0.229 e. The molecule has 0 aliphatic carbocycles. The van der Waals surface area contributed by atoms with Gasteiger partial charge in [0.05, 0.1) is 17.5 Å². The standard InChI is InChI=1S/C20H24FN3O2S/c1-11-10-22-17(21)9-14(11)18-12(2)23-19-15(18)7-13(20(3,4)5)8-16(19)24-27(6,25)26/h7-10,23-24H,1-6H3.